The quantitative estimate of drug-likeness (QED) is 0.861. The maximum absolute atomic E-state index is 12.2. The van der Waals surface area contributed by atoms with Gasteiger partial charge in [0.05, 0.1) is 0 Å². The first-order valence-corrected chi connectivity index (χ1v) is 8.09. The van der Waals surface area contributed by atoms with Crippen LogP contribution in [0.5, 0.6) is 0 Å². The highest BCUT2D eigenvalue weighted by atomic mass is 32.1. The predicted octanol–water partition coefficient (Wildman–Crippen LogP) is 2.62. The fraction of sp³-hybridized carbons (Fsp3) is 0.643. The molecule has 0 aliphatic carbocycles. The number of nitrogens with zero attached hydrogens (tertiary/aromatic N) is 3. The van der Waals surface area contributed by atoms with Crippen LogP contribution in [0, 0.1) is 0 Å². The number of carbonyl (C=O) groups excluding carboxylic acids is 2. The lowest BCUT2D eigenvalue weighted by Gasteiger charge is -2.39. The van der Waals surface area contributed by atoms with Gasteiger partial charge < -0.3 is 14.5 Å². The molecule has 1 N–H and O–H groups in total. The highest BCUT2D eigenvalue weighted by Gasteiger charge is 2.32. The monoisotopic (exact) mass is 326 g/mol. The lowest BCUT2D eigenvalue weighted by molar-refractivity contribution is 0.0112. The molecule has 1 aromatic rings. The van der Waals surface area contributed by atoms with Gasteiger partial charge in [0.25, 0.3) is 0 Å². The van der Waals surface area contributed by atoms with E-state index in [0.29, 0.717) is 24.8 Å². The van der Waals surface area contributed by atoms with Crippen LogP contribution in [0.1, 0.15) is 27.7 Å². The molecule has 1 aliphatic rings. The smallest absolute Gasteiger partial charge is 0.410 e. The Morgan fingerprint density at radius 1 is 1.41 bits per heavy atom. The molecule has 8 heteroatoms. The summed E-state index contributed by atoms with van der Waals surface area (Å²) in [5.74, 6) is 0. The highest BCUT2D eigenvalue weighted by molar-refractivity contribution is 7.13. The van der Waals surface area contributed by atoms with Gasteiger partial charge in [0, 0.05) is 37.3 Å². The summed E-state index contributed by atoms with van der Waals surface area (Å²) in [4.78, 5) is 31.7. The summed E-state index contributed by atoms with van der Waals surface area (Å²) in [7, 11) is 0. The average Bonchev–Trinajstić information content (AvgIpc) is 2.89. The van der Waals surface area contributed by atoms with Crippen LogP contribution in [-0.2, 0) is 4.74 Å². The molecule has 0 unspecified atom stereocenters. The minimum Gasteiger partial charge on any atom is -0.444 e. The van der Waals surface area contributed by atoms with Crippen LogP contribution in [0.15, 0.2) is 11.6 Å². The summed E-state index contributed by atoms with van der Waals surface area (Å²) in [5, 5.41) is 5.14. The van der Waals surface area contributed by atoms with Gasteiger partial charge in [-0.05, 0) is 27.7 Å². The van der Waals surface area contributed by atoms with Gasteiger partial charge in [-0.3, -0.25) is 5.32 Å². The molecule has 1 fully saturated rings. The number of thiazole rings is 1. The summed E-state index contributed by atoms with van der Waals surface area (Å²) in [6.45, 7) is 8.82. The molecular weight excluding hydrogens is 304 g/mol. The molecule has 1 atom stereocenters. The van der Waals surface area contributed by atoms with Crippen LogP contribution in [0.25, 0.3) is 0 Å². The Hall–Kier alpha value is -1.83. The standard InChI is InChI=1S/C14H22N4O3S/c1-10-9-17(13(20)21-14(2,3)4)6-7-18(10)12(19)16-11-15-5-8-22-11/h5,8,10H,6-7,9H2,1-4H3,(H,15,16,19)/t10-/m0/s1. The number of hydrogen-bond donors (Lipinski definition) is 1. The van der Waals surface area contributed by atoms with Gasteiger partial charge in [0.2, 0.25) is 0 Å². The van der Waals surface area contributed by atoms with Crippen molar-refractivity contribution in [2.45, 2.75) is 39.3 Å². The van der Waals surface area contributed by atoms with E-state index in [4.69, 9.17) is 4.74 Å². The third-order valence-electron chi connectivity index (χ3n) is 3.19. The number of anilines is 1. The molecule has 2 heterocycles. The second kappa shape index (κ2) is 6.51. The van der Waals surface area contributed by atoms with Crippen molar-refractivity contribution in [2.75, 3.05) is 25.0 Å². The SMILES string of the molecule is C[C@H]1CN(C(=O)OC(C)(C)C)CCN1C(=O)Nc1nccs1. The molecule has 7 nitrogen and oxygen atoms in total. The van der Waals surface area contributed by atoms with Crippen LogP contribution in [0.2, 0.25) is 0 Å². The van der Waals surface area contributed by atoms with Crippen molar-refractivity contribution >= 4 is 28.6 Å². The van der Waals surface area contributed by atoms with E-state index in [-0.39, 0.29) is 18.2 Å². The Labute approximate surface area is 134 Å². The number of aromatic nitrogens is 1. The molecule has 1 aliphatic heterocycles. The van der Waals surface area contributed by atoms with E-state index < -0.39 is 5.60 Å². The molecular formula is C14H22N4O3S. The molecule has 0 spiro atoms. The van der Waals surface area contributed by atoms with Crippen molar-refractivity contribution in [1.29, 1.82) is 0 Å². The highest BCUT2D eigenvalue weighted by Crippen LogP contribution is 2.17. The molecule has 0 aromatic carbocycles. The van der Waals surface area contributed by atoms with Crippen LogP contribution in [0.3, 0.4) is 0 Å². The number of ether oxygens (including phenoxy) is 1. The predicted molar refractivity (Wildman–Crippen MR) is 85.1 cm³/mol. The van der Waals surface area contributed by atoms with Gasteiger partial charge in [-0.25, -0.2) is 14.6 Å². The fourth-order valence-electron chi connectivity index (χ4n) is 2.20. The van der Waals surface area contributed by atoms with Crippen molar-refractivity contribution in [3.8, 4) is 0 Å². The van der Waals surface area contributed by atoms with Gasteiger partial charge in [-0.1, -0.05) is 0 Å². The maximum Gasteiger partial charge on any atom is 0.410 e. The lowest BCUT2D eigenvalue weighted by atomic mass is 10.2. The summed E-state index contributed by atoms with van der Waals surface area (Å²) < 4.78 is 5.37. The van der Waals surface area contributed by atoms with Crippen LogP contribution in [0.4, 0.5) is 14.7 Å². The van der Waals surface area contributed by atoms with E-state index in [1.807, 2.05) is 27.7 Å². The maximum atomic E-state index is 12.2. The average molecular weight is 326 g/mol. The number of nitrogens with one attached hydrogen (secondary N) is 1. The number of rotatable bonds is 1. The molecule has 22 heavy (non-hydrogen) atoms. The topological polar surface area (TPSA) is 74.8 Å². The van der Waals surface area contributed by atoms with Gasteiger partial charge in [0.1, 0.15) is 5.60 Å². The number of urea groups is 1. The summed E-state index contributed by atoms with van der Waals surface area (Å²) >= 11 is 1.37. The third kappa shape index (κ3) is 4.33. The zero-order chi connectivity index (χ0) is 16.3. The molecule has 1 aromatic heterocycles. The second-order valence-electron chi connectivity index (χ2n) is 6.24. The largest absolute Gasteiger partial charge is 0.444 e. The Morgan fingerprint density at radius 2 is 2.14 bits per heavy atom. The second-order valence-corrected chi connectivity index (χ2v) is 7.13. The minimum absolute atomic E-state index is 0.0822. The van der Waals surface area contributed by atoms with Crippen molar-refractivity contribution in [3.05, 3.63) is 11.6 Å². The van der Waals surface area contributed by atoms with E-state index in [2.05, 4.69) is 10.3 Å². The number of piperazine rings is 1. The van der Waals surface area contributed by atoms with E-state index in [0.717, 1.165) is 0 Å². The van der Waals surface area contributed by atoms with Crippen LogP contribution in [-0.4, -0.2) is 58.2 Å². The van der Waals surface area contributed by atoms with Crippen LogP contribution >= 0.6 is 11.3 Å². The first-order chi connectivity index (χ1) is 10.3. The van der Waals surface area contributed by atoms with Crippen LogP contribution < -0.4 is 5.32 Å². The zero-order valence-electron chi connectivity index (χ0n) is 13.3. The first kappa shape index (κ1) is 16.5. The number of amides is 3. The normalized spacial score (nSPS) is 19.0. The molecule has 0 radical (unpaired) electrons. The van der Waals surface area contributed by atoms with Gasteiger partial charge >= 0.3 is 12.1 Å². The minimum atomic E-state index is -0.514. The lowest BCUT2D eigenvalue weighted by Crippen LogP contribution is -2.57. The van der Waals surface area contributed by atoms with E-state index in [9.17, 15) is 9.59 Å². The van der Waals surface area contributed by atoms with E-state index >= 15 is 0 Å². The third-order valence-corrected chi connectivity index (χ3v) is 3.87. The summed E-state index contributed by atoms with van der Waals surface area (Å²) in [6, 6.07) is -0.271. The molecule has 1 saturated heterocycles. The number of hydrogen-bond acceptors (Lipinski definition) is 5. The zero-order valence-corrected chi connectivity index (χ0v) is 14.1. The molecule has 0 saturated carbocycles. The Bertz CT molecular complexity index is 527. The van der Waals surface area contributed by atoms with Crippen molar-refractivity contribution in [1.82, 2.24) is 14.8 Å². The van der Waals surface area contributed by atoms with Crippen molar-refractivity contribution < 1.29 is 14.3 Å². The Kier molecular flexibility index (Phi) is 4.90. The van der Waals surface area contributed by atoms with Crippen molar-refractivity contribution in [2.24, 2.45) is 0 Å². The van der Waals surface area contributed by atoms with Gasteiger partial charge in [0.15, 0.2) is 5.13 Å². The molecule has 3 amide bonds. The van der Waals surface area contributed by atoms with E-state index in [1.54, 1.807) is 21.4 Å². The molecule has 2 rings (SSSR count). The molecule has 0 bridgehead atoms. The number of carbonyl (C=O) groups is 2. The van der Waals surface area contributed by atoms with Gasteiger partial charge in [-0.2, -0.15) is 0 Å². The van der Waals surface area contributed by atoms with Gasteiger partial charge in [-0.15, -0.1) is 11.3 Å². The Morgan fingerprint density at radius 3 is 2.68 bits per heavy atom. The summed E-state index contributed by atoms with van der Waals surface area (Å²) in [6.07, 6.45) is 1.31. The Balaban J connectivity index is 1.89. The fourth-order valence-corrected chi connectivity index (χ4v) is 2.72. The molecule has 122 valence electrons. The van der Waals surface area contributed by atoms with Crippen molar-refractivity contribution in [3.63, 3.8) is 0 Å². The summed E-state index contributed by atoms with van der Waals surface area (Å²) in [5.41, 5.74) is -0.514. The first-order valence-electron chi connectivity index (χ1n) is 7.21. The van der Waals surface area contributed by atoms with E-state index in [1.165, 1.54) is 11.3 Å².